The lowest BCUT2D eigenvalue weighted by Crippen LogP contribution is -2.44. The fraction of sp³-hybridized carbons (Fsp3) is 0.450. The Hall–Kier alpha value is -2.63. The van der Waals surface area contributed by atoms with Crippen molar-refractivity contribution >= 4 is 17.4 Å². The van der Waals surface area contributed by atoms with E-state index in [9.17, 15) is 4.79 Å². The largest absolute Gasteiger partial charge is 0.373 e. The van der Waals surface area contributed by atoms with Crippen LogP contribution in [0.1, 0.15) is 47.7 Å². The van der Waals surface area contributed by atoms with Crippen molar-refractivity contribution in [1.82, 2.24) is 15.3 Å². The topological polar surface area (TPSA) is 70.2 Å². The van der Waals surface area contributed by atoms with E-state index in [4.69, 9.17) is 0 Å². The van der Waals surface area contributed by atoms with Crippen LogP contribution in [0.2, 0.25) is 0 Å². The predicted molar refractivity (Wildman–Crippen MR) is 103 cm³/mol. The van der Waals surface area contributed by atoms with Crippen molar-refractivity contribution in [3.05, 3.63) is 47.9 Å². The van der Waals surface area contributed by atoms with Crippen molar-refractivity contribution in [3.63, 3.8) is 0 Å². The zero-order valence-electron chi connectivity index (χ0n) is 15.1. The van der Waals surface area contributed by atoms with Crippen molar-refractivity contribution < 1.29 is 4.79 Å². The van der Waals surface area contributed by atoms with Crippen molar-refractivity contribution in [2.75, 3.05) is 30.4 Å². The van der Waals surface area contributed by atoms with E-state index in [0.717, 1.165) is 48.7 Å². The number of carbonyl (C=O) groups excluding carboxylic acids is 1. The molecule has 1 aliphatic heterocycles. The van der Waals surface area contributed by atoms with Gasteiger partial charge in [0.2, 0.25) is 0 Å². The maximum atomic E-state index is 12.8. The number of carbonyl (C=O) groups is 1. The highest BCUT2D eigenvalue weighted by Crippen LogP contribution is 2.36. The van der Waals surface area contributed by atoms with Crippen LogP contribution in [0, 0.1) is 0 Å². The molecule has 2 aliphatic rings. The Bertz CT molecular complexity index is 781. The van der Waals surface area contributed by atoms with E-state index in [1.807, 2.05) is 31.3 Å². The molecule has 2 fully saturated rings. The van der Waals surface area contributed by atoms with Crippen LogP contribution in [0.15, 0.2) is 36.7 Å². The van der Waals surface area contributed by atoms with Crippen LogP contribution in [0.4, 0.5) is 11.5 Å². The third-order valence-corrected chi connectivity index (χ3v) is 5.43. The Morgan fingerprint density at radius 1 is 1.15 bits per heavy atom. The average Bonchev–Trinajstić information content (AvgIpc) is 3.19. The maximum absolute atomic E-state index is 12.8. The fourth-order valence-corrected chi connectivity index (χ4v) is 3.87. The van der Waals surface area contributed by atoms with Crippen molar-refractivity contribution in [1.29, 1.82) is 0 Å². The van der Waals surface area contributed by atoms with E-state index in [-0.39, 0.29) is 11.9 Å². The summed E-state index contributed by atoms with van der Waals surface area (Å²) < 4.78 is 0. The van der Waals surface area contributed by atoms with Gasteiger partial charge >= 0.3 is 0 Å². The van der Waals surface area contributed by atoms with E-state index in [2.05, 4.69) is 31.6 Å². The second-order valence-corrected chi connectivity index (χ2v) is 7.13. The van der Waals surface area contributed by atoms with Gasteiger partial charge in [0.15, 0.2) is 0 Å². The van der Waals surface area contributed by atoms with Gasteiger partial charge in [-0.15, -0.1) is 0 Å². The summed E-state index contributed by atoms with van der Waals surface area (Å²) in [6, 6.07) is 10.2. The summed E-state index contributed by atoms with van der Waals surface area (Å²) in [5.74, 6) is 1.26. The lowest BCUT2D eigenvalue weighted by atomic mass is 9.78. The predicted octanol–water partition coefficient (Wildman–Crippen LogP) is 2.79. The van der Waals surface area contributed by atoms with Gasteiger partial charge in [-0.25, -0.2) is 9.97 Å². The van der Waals surface area contributed by atoms with Crippen LogP contribution < -0.4 is 15.5 Å². The second kappa shape index (κ2) is 7.32. The third kappa shape index (κ3) is 3.36. The van der Waals surface area contributed by atoms with E-state index in [1.165, 1.54) is 12.8 Å². The minimum absolute atomic E-state index is 0.0366. The summed E-state index contributed by atoms with van der Waals surface area (Å²) in [5.41, 5.74) is 2.90. The fourth-order valence-electron chi connectivity index (χ4n) is 3.87. The number of nitrogens with one attached hydrogen (secondary N) is 2. The number of rotatable bonds is 5. The Morgan fingerprint density at radius 3 is 2.69 bits per heavy atom. The molecule has 1 aromatic heterocycles. The highest BCUT2D eigenvalue weighted by molar-refractivity contribution is 6.00. The molecular weight excluding hydrogens is 326 g/mol. The molecule has 0 radical (unpaired) electrons. The number of anilines is 2. The standard InChI is InChI=1S/C20H25N5O/c1-21-19-12-17(22-13-23-19)14-10-15(11-14)24-20(26)16-6-2-3-7-18(16)25-8-4-5-9-25/h2-3,6-7,12-15H,4-5,8-11H2,1H3,(H,24,26)(H,21,22,23). The van der Waals surface area contributed by atoms with E-state index in [1.54, 1.807) is 6.33 Å². The molecule has 1 amide bonds. The average molecular weight is 351 g/mol. The summed E-state index contributed by atoms with van der Waals surface area (Å²) in [5, 5.41) is 6.24. The molecular formula is C20H25N5O. The van der Waals surface area contributed by atoms with Gasteiger partial charge in [-0.2, -0.15) is 0 Å². The minimum atomic E-state index is 0.0366. The molecule has 136 valence electrons. The molecule has 0 atom stereocenters. The summed E-state index contributed by atoms with van der Waals surface area (Å²) in [6.45, 7) is 2.08. The van der Waals surface area contributed by atoms with E-state index in [0.29, 0.717) is 5.92 Å². The van der Waals surface area contributed by atoms with Crippen LogP contribution in [0.5, 0.6) is 0 Å². The number of nitrogens with zero attached hydrogens (tertiary/aromatic N) is 3. The summed E-state index contributed by atoms with van der Waals surface area (Å²) in [7, 11) is 1.85. The van der Waals surface area contributed by atoms with E-state index >= 15 is 0 Å². The lowest BCUT2D eigenvalue weighted by Gasteiger charge is -2.35. The summed E-state index contributed by atoms with van der Waals surface area (Å²) in [4.78, 5) is 23.6. The first-order chi connectivity index (χ1) is 12.7. The molecule has 4 rings (SSSR count). The normalized spacial score (nSPS) is 22.0. The number of benzene rings is 1. The molecule has 2 aromatic rings. The molecule has 6 nitrogen and oxygen atoms in total. The van der Waals surface area contributed by atoms with Crippen LogP contribution in [0.25, 0.3) is 0 Å². The van der Waals surface area contributed by atoms with Gasteiger partial charge in [-0.3, -0.25) is 4.79 Å². The molecule has 0 bridgehead atoms. The minimum Gasteiger partial charge on any atom is -0.373 e. The quantitative estimate of drug-likeness (QED) is 0.867. The van der Waals surface area contributed by atoms with Crippen LogP contribution >= 0.6 is 0 Å². The van der Waals surface area contributed by atoms with Gasteiger partial charge in [-0.1, -0.05) is 12.1 Å². The number of hydrogen-bond acceptors (Lipinski definition) is 5. The first-order valence-corrected chi connectivity index (χ1v) is 9.39. The van der Waals surface area contributed by atoms with Crippen molar-refractivity contribution in [3.8, 4) is 0 Å². The van der Waals surface area contributed by atoms with Crippen LogP contribution in [0.3, 0.4) is 0 Å². The van der Waals surface area contributed by atoms with E-state index < -0.39 is 0 Å². The molecule has 1 aromatic carbocycles. The van der Waals surface area contributed by atoms with Gasteiger partial charge in [0.1, 0.15) is 12.1 Å². The molecule has 26 heavy (non-hydrogen) atoms. The van der Waals surface area contributed by atoms with Gasteiger partial charge in [0.25, 0.3) is 5.91 Å². The first-order valence-electron chi connectivity index (χ1n) is 9.39. The Labute approximate surface area is 154 Å². The molecule has 0 unspecified atom stereocenters. The van der Waals surface area contributed by atoms with Crippen molar-refractivity contribution in [2.45, 2.75) is 37.6 Å². The molecule has 6 heteroatoms. The zero-order valence-corrected chi connectivity index (χ0v) is 15.1. The monoisotopic (exact) mass is 351 g/mol. The second-order valence-electron chi connectivity index (χ2n) is 7.13. The van der Waals surface area contributed by atoms with Crippen LogP contribution in [-0.2, 0) is 0 Å². The highest BCUT2D eigenvalue weighted by atomic mass is 16.1. The number of amides is 1. The molecule has 0 spiro atoms. The molecule has 1 aliphatic carbocycles. The van der Waals surface area contributed by atoms with Crippen molar-refractivity contribution in [2.24, 2.45) is 0 Å². The highest BCUT2D eigenvalue weighted by Gasteiger charge is 2.33. The lowest BCUT2D eigenvalue weighted by molar-refractivity contribution is 0.0908. The molecule has 1 saturated heterocycles. The SMILES string of the molecule is CNc1cc(C2CC(NC(=O)c3ccccc3N3CCCC3)C2)ncn1. The number of para-hydroxylation sites is 1. The smallest absolute Gasteiger partial charge is 0.253 e. The molecule has 2 N–H and O–H groups in total. The summed E-state index contributed by atoms with van der Waals surface area (Å²) in [6.07, 6.45) is 5.86. The third-order valence-electron chi connectivity index (χ3n) is 5.43. The Balaban J connectivity index is 1.38. The molecule has 1 saturated carbocycles. The maximum Gasteiger partial charge on any atom is 0.253 e. The van der Waals surface area contributed by atoms with Gasteiger partial charge < -0.3 is 15.5 Å². The zero-order chi connectivity index (χ0) is 17.9. The van der Waals surface area contributed by atoms with Gasteiger partial charge in [0.05, 0.1) is 5.56 Å². The molecule has 2 heterocycles. The first kappa shape index (κ1) is 16.8. The van der Waals surface area contributed by atoms with Gasteiger partial charge in [-0.05, 0) is 37.8 Å². The van der Waals surface area contributed by atoms with Crippen LogP contribution in [-0.4, -0.2) is 42.1 Å². The number of hydrogen-bond donors (Lipinski definition) is 2. The summed E-state index contributed by atoms with van der Waals surface area (Å²) >= 11 is 0. The van der Waals surface area contributed by atoms with Gasteiger partial charge in [0, 0.05) is 49.5 Å². The number of aromatic nitrogens is 2. The Morgan fingerprint density at radius 2 is 1.92 bits per heavy atom. The Kier molecular flexibility index (Phi) is 4.73.